The number of aromatic nitrogens is 1. The van der Waals surface area contributed by atoms with Gasteiger partial charge in [0.15, 0.2) is 0 Å². The van der Waals surface area contributed by atoms with E-state index < -0.39 is 17.8 Å². The Bertz CT molecular complexity index is 333. The molecule has 0 spiro atoms. The van der Waals surface area contributed by atoms with Crippen molar-refractivity contribution >= 4 is 0 Å². The summed E-state index contributed by atoms with van der Waals surface area (Å²) in [5, 5.41) is 0. The van der Waals surface area contributed by atoms with Gasteiger partial charge in [0, 0.05) is 18.4 Å². The highest BCUT2D eigenvalue weighted by molar-refractivity contribution is 5.31. The third-order valence-electron chi connectivity index (χ3n) is 1.77. The molecule has 1 aromatic rings. The molecule has 0 fully saturated rings. The van der Waals surface area contributed by atoms with E-state index in [1.807, 2.05) is 0 Å². The molecule has 0 saturated heterocycles. The van der Waals surface area contributed by atoms with Gasteiger partial charge in [-0.2, -0.15) is 13.2 Å². The first kappa shape index (κ1) is 10.7. The summed E-state index contributed by atoms with van der Waals surface area (Å²) in [7, 11) is 0. The average molecular weight is 202 g/mol. The number of hydrogen-bond donors (Lipinski definition) is 1. The summed E-state index contributed by atoms with van der Waals surface area (Å²) in [4.78, 5) is 3.42. The number of nitrogens with two attached hydrogens (primary N) is 1. The van der Waals surface area contributed by atoms with Crippen molar-refractivity contribution in [3.8, 4) is 0 Å². The molecule has 0 aliphatic rings. The van der Waals surface area contributed by atoms with Crippen LogP contribution in [0.2, 0.25) is 0 Å². The van der Waals surface area contributed by atoms with E-state index in [1.165, 1.54) is 18.3 Å². The van der Waals surface area contributed by atoms with Gasteiger partial charge in [-0.25, -0.2) is 0 Å². The van der Waals surface area contributed by atoms with E-state index in [4.69, 9.17) is 5.73 Å². The molecule has 1 atom stereocenters. The molecule has 0 bridgehead atoms. The lowest BCUT2D eigenvalue weighted by Gasteiger charge is -2.14. The maximum atomic E-state index is 12.4. The summed E-state index contributed by atoms with van der Waals surface area (Å²) in [6, 6.07) is 0.421. The van der Waals surface area contributed by atoms with Gasteiger partial charge in [-0.05, 0) is 11.6 Å². The van der Waals surface area contributed by atoms with Gasteiger partial charge in [0.05, 0.1) is 5.56 Å². The van der Waals surface area contributed by atoms with Crippen molar-refractivity contribution in [2.75, 3.05) is 0 Å². The molecular weight excluding hydrogens is 193 g/mol. The van der Waals surface area contributed by atoms with Crippen LogP contribution in [0.5, 0.6) is 0 Å². The second-order valence-electron chi connectivity index (χ2n) is 2.72. The van der Waals surface area contributed by atoms with Crippen molar-refractivity contribution in [1.82, 2.24) is 4.98 Å². The summed E-state index contributed by atoms with van der Waals surface area (Å²) in [6.45, 7) is 3.35. The maximum Gasteiger partial charge on any atom is 0.418 e. The SMILES string of the molecule is C=C[C@@H](N)c1ccncc1C(F)(F)F. The van der Waals surface area contributed by atoms with Crippen LogP contribution in [0.1, 0.15) is 17.2 Å². The van der Waals surface area contributed by atoms with E-state index in [0.717, 1.165) is 6.20 Å². The van der Waals surface area contributed by atoms with Crippen LogP contribution in [-0.4, -0.2) is 4.98 Å². The molecule has 76 valence electrons. The molecule has 0 amide bonds. The molecule has 14 heavy (non-hydrogen) atoms. The van der Waals surface area contributed by atoms with E-state index in [0.29, 0.717) is 0 Å². The van der Waals surface area contributed by atoms with E-state index in [1.54, 1.807) is 0 Å². The largest absolute Gasteiger partial charge is 0.418 e. The normalized spacial score (nSPS) is 13.7. The molecule has 0 aromatic carbocycles. The minimum absolute atomic E-state index is 0.0116. The molecule has 2 N–H and O–H groups in total. The summed E-state index contributed by atoms with van der Waals surface area (Å²) >= 11 is 0. The van der Waals surface area contributed by atoms with Gasteiger partial charge in [-0.3, -0.25) is 4.98 Å². The first-order valence-electron chi connectivity index (χ1n) is 3.86. The first-order valence-corrected chi connectivity index (χ1v) is 3.86. The van der Waals surface area contributed by atoms with E-state index >= 15 is 0 Å². The van der Waals surface area contributed by atoms with Crippen LogP contribution in [0.15, 0.2) is 31.1 Å². The number of rotatable bonds is 2. The number of pyridine rings is 1. The number of alkyl halides is 3. The molecule has 0 aliphatic carbocycles. The fourth-order valence-electron chi connectivity index (χ4n) is 1.06. The van der Waals surface area contributed by atoms with Crippen molar-refractivity contribution in [2.45, 2.75) is 12.2 Å². The molecule has 1 rings (SSSR count). The highest BCUT2D eigenvalue weighted by Gasteiger charge is 2.34. The first-order chi connectivity index (χ1) is 6.46. The van der Waals surface area contributed by atoms with Crippen molar-refractivity contribution in [1.29, 1.82) is 0 Å². The Kier molecular flexibility index (Phi) is 2.90. The molecule has 2 nitrogen and oxygen atoms in total. The fraction of sp³-hybridized carbons (Fsp3) is 0.222. The Balaban J connectivity index is 3.22. The summed E-state index contributed by atoms with van der Waals surface area (Å²) in [5.74, 6) is 0. The second kappa shape index (κ2) is 3.79. The molecule has 0 unspecified atom stereocenters. The van der Waals surface area contributed by atoms with Gasteiger partial charge in [0.2, 0.25) is 0 Å². The minimum Gasteiger partial charge on any atom is -0.321 e. The molecule has 0 radical (unpaired) electrons. The molecular formula is C9H9F3N2. The summed E-state index contributed by atoms with van der Waals surface area (Å²) in [5.41, 5.74) is 4.62. The van der Waals surface area contributed by atoms with Gasteiger partial charge in [0.25, 0.3) is 0 Å². The van der Waals surface area contributed by atoms with Gasteiger partial charge in [0.1, 0.15) is 0 Å². The lowest BCUT2D eigenvalue weighted by molar-refractivity contribution is -0.138. The molecule has 5 heteroatoms. The summed E-state index contributed by atoms with van der Waals surface area (Å²) in [6.07, 6.45) is -1.14. The zero-order chi connectivity index (χ0) is 10.8. The van der Waals surface area contributed by atoms with Gasteiger partial charge < -0.3 is 5.73 Å². The topological polar surface area (TPSA) is 38.9 Å². The van der Waals surface area contributed by atoms with Crippen molar-refractivity contribution in [2.24, 2.45) is 5.73 Å². The van der Waals surface area contributed by atoms with Crippen LogP contribution in [0, 0.1) is 0 Å². The molecule has 1 aromatic heterocycles. The lowest BCUT2D eigenvalue weighted by atomic mass is 10.0. The van der Waals surface area contributed by atoms with E-state index in [-0.39, 0.29) is 5.56 Å². The van der Waals surface area contributed by atoms with Crippen molar-refractivity contribution in [3.05, 3.63) is 42.2 Å². The van der Waals surface area contributed by atoms with Gasteiger partial charge in [-0.1, -0.05) is 6.08 Å². The Morgan fingerprint density at radius 3 is 2.64 bits per heavy atom. The second-order valence-corrected chi connectivity index (χ2v) is 2.72. The van der Waals surface area contributed by atoms with Crippen LogP contribution in [0.3, 0.4) is 0 Å². The average Bonchev–Trinajstić information content (AvgIpc) is 2.15. The Morgan fingerprint density at radius 2 is 2.14 bits per heavy atom. The highest BCUT2D eigenvalue weighted by Crippen LogP contribution is 2.33. The highest BCUT2D eigenvalue weighted by atomic mass is 19.4. The lowest BCUT2D eigenvalue weighted by Crippen LogP contribution is -2.16. The maximum absolute atomic E-state index is 12.4. The number of halogens is 3. The number of hydrogen-bond acceptors (Lipinski definition) is 2. The van der Waals surface area contributed by atoms with Crippen LogP contribution >= 0.6 is 0 Å². The Labute approximate surface area is 79.3 Å². The fourth-order valence-corrected chi connectivity index (χ4v) is 1.06. The predicted molar refractivity (Wildman–Crippen MR) is 46.4 cm³/mol. The molecule has 1 heterocycles. The van der Waals surface area contributed by atoms with Crippen molar-refractivity contribution < 1.29 is 13.2 Å². The third kappa shape index (κ3) is 2.11. The van der Waals surface area contributed by atoms with Crippen LogP contribution < -0.4 is 5.73 Å². The molecule has 0 aliphatic heterocycles. The van der Waals surface area contributed by atoms with Crippen molar-refractivity contribution in [3.63, 3.8) is 0 Å². The minimum atomic E-state index is -4.43. The smallest absolute Gasteiger partial charge is 0.321 e. The zero-order valence-electron chi connectivity index (χ0n) is 7.25. The quantitative estimate of drug-likeness (QED) is 0.747. The van der Waals surface area contributed by atoms with Crippen LogP contribution in [0.4, 0.5) is 13.2 Å². The molecule has 0 saturated carbocycles. The van der Waals surface area contributed by atoms with Crippen LogP contribution in [-0.2, 0) is 6.18 Å². The van der Waals surface area contributed by atoms with Gasteiger partial charge in [-0.15, -0.1) is 6.58 Å². The zero-order valence-corrected chi connectivity index (χ0v) is 7.25. The van der Waals surface area contributed by atoms with Crippen LogP contribution in [0.25, 0.3) is 0 Å². The summed E-state index contributed by atoms with van der Waals surface area (Å²) < 4.78 is 37.2. The third-order valence-corrected chi connectivity index (χ3v) is 1.77. The Morgan fingerprint density at radius 1 is 1.50 bits per heavy atom. The van der Waals surface area contributed by atoms with E-state index in [9.17, 15) is 13.2 Å². The monoisotopic (exact) mass is 202 g/mol. The predicted octanol–water partition coefficient (Wildman–Crippen LogP) is 2.29. The van der Waals surface area contributed by atoms with E-state index in [2.05, 4.69) is 11.6 Å². The standard InChI is InChI=1S/C9H9F3N2/c1-2-8(13)6-3-4-14-5-7(6)9(10,11)12/h2-5,8H,1,13H2/t8-/m1/s1. The van der Waals surface area contributed by atoms with Gasteiger partial charge >= 0.3 is 6.18 Å². The number of nitrogens with zero attached hydrogens (tertiary/aromatic N) is 1. The Hall–Kier alpha value is -1.36.